The van der Waals surface area contributed by atoms with Crippen LogP contribution in [0, 0.1) is 0 Å². The lowest BCUT2D eigenvalue weighted by Crippen LogP contribution is -2.36. The van der Waals surface area contributed by atoms with Crippen LogP contribution in [0.2, 0.25) is 0 Å². The Morgan fingerprint density at radius 1 is 1.26 bits per heavy atom. The fourth-order valence-corrected chi connectivity index (χ4v) is 1.88. The Balaban J connectivity index is 2.01. The zero-order valence-electron chi connectivity index (χ0n) is 10.5. The molecule has 2 N–H and O–H groups in total. The molecule has 0 spiro atoms. The molecular weight excluding hydrogens is 248 g/mol. The van der Waals surface area contributed by atoms with E-state index in [1.807, 2.05) is 0 Å². The number of carboxylic acids is 1. The molecule has 1 aromatic rings. The van der Waals surface area contributed by atoms with E-state index < -0.39 is 5.97 Å². The van der Waals surface area contributed by atoms with E-state index in [4.69, 9.17) is 9.84 Å². The van der Waals surface area contributed by atoms with E-state index in [9.17, 15) is 9.59 Å². The van der Waals surface area contributed by atoms with E-state index in [0.717, 1.165) is 6.42 Å². The maximum atomic E-state index is 12.0. The number of nitrogens with zero attached hydrogens (tertiary/aromatic N) is 1. The molecule has 0 aromatic heterocycles. The molecule has 0 aliphatic carbocycles. The van der Waals surface area contributed by atoms with Crippen molar-refractivity contribution in [2.45, 2.75) is 6.42 Å². The molecule has 0 bridgehead atoms. The van der Waals surface area contributed by atoms with E-state index in [1.165, 1.54) is 12.1 Å². The first-order valence-electron chi connectivity index (χ1n) is 6.14. The second kappa shape index (κ2) is 6.19. The summed E-state index contributed by atoms with van der Waals surface area (Å²) in [5.74, 6) is -1.01. The molecule has 1 aromatic carbocycles. The third-order valence-corrected chi connectivity index (χ3v) is 2.87. The smallest absolute Gasteiger partial charge is 0.335 e. The number of hydrogen-bond acceptors (Lipinski definition) is 3. The largest absolute Gasteiger partial charge is 0.478 e. The van der Waals surface area contributed by atoms with Crippen molar-refractivity contribution >= 4 is 17.7 Å². The van der Waals surface area contributed by atoms with Gasteiger partial charge in [-0.25, -0.2) is 9.59 Å². The molecule has 19 heavy (non-hydrogen) atoms. The topological polar surface area (TPSA) is 78.9 Å². The van der Waals surface area contributed by atoms with Gasteiger partial charge in [-0.05, 0) is 24.6 Å². The summed E-state index contributed by atoms with van der Waals surface area (Å²) in [5.41, 5.74) is 0.632. The van der Waals surface area contributed by atoms with Crippen LogP contribution in [0.5, 0.6) is 0 Å². The van der Waals surface area contributed by atoms with Gasteiger partial charge in [0, 0.05) is 25.4 Å². The quantitative estimate of drug-likeness (QED) is 0.851. The lowest BCUT2D eigenvalue weighted by atomic mass is 10.2. The number of benzene rings is 1. The number of hydrogen-bond donors (Lipinski definition) is 2. The first kappa shape index (κ1) is 13.4. The number of amides is 2. The summed E-state index contributed by atoms with van der Waals surface area (Å²) >= 11 is 0. The Morgan fingerprint density at radius 3 is 2.89 bits per heavy atom. The molecule has 1 fully saturated rings. The van der Waals surface area contributed by atoms with Gasteiger partial charge in [-0.15, -0.1) is 0 Å². The molecule has 2 amide bonds. The summed E-state index contributed by atoms with van der Waals surface area (Å²) in [6.45, 7) is 2.38. The van der Waals surface area contributed by atoms with Crippen molar-refractivity contribution < 1.29 is 19.4 Å². The molecule has 0 radical (unpaired) electrons. The maximum absolute atomic E-state index is 12.0. The highest BCUT2D eigenvalue weighted by Crippen LogP contribution is 2.12. The zero-order valence-corrected chi connectivity index (χ0v) is 10.5. The number of carbonyl (C=O) groups excluding carboxylic acids is 1. The van der Waals surface area contributed by atoms with Crippen LogP contribution in [-0.2, 0) is 4.74 Å². The summed E-state index contributed by atoms with van der Waals surface area (Å²) in [5, 5.41) is 11.6. The average molecular weight is 264 g/mol. The molecule has 0 saturated carbocycles. The van der Waals surface area contributed by atoms with E-state index >= 15 is 0 Å². The molecular formula is C13H16N2O4. The fraction of sp³-hybridized carbons (Fsp3) is 0.385. The fourth-order valence-electron chi connectivity index (χ4n) is 1.88. The summed E-state index contributed by atoms with van der Waals surface area (Å²) < 4.78 is 5.28. The van der Waals surface area contributed by atoms with Crippen molar-refractivity contribution in [2.24, 2.45) is 0 Å². The van der Waals surface area contributed by atoms with E-state index in [2.05, 4.69) is 5.32 Å². The molecule has 1 heterocycles. The molecule has 6 heteroatoms. The molecule has 1 aliphatic rings. The van der Waals surface area contributed by atoms with Crippen molar-refractivity contribution in [3.8, 4) is 0 Å². The first-order valence-corrected chi connectivity index (χ1v) is 6.14. The third kappa shape index (κ3) is 3.69. The number of ether oxygens (including phenoxy) is 1. The predicted octanol–water partition coefficient (Wildman–Crippen LogP) is 1.64. The minimum Gasteiger partial charge on any atom is -0.478 e. The van der Waals surface area contributed by atoms with Crippen LogP contribution in [0.15, 0.2) is 24.3 Å². The molecule has 0 atom stereocenters. The molecule has 1 aliphatic heterocycles. The van der Waals surface area contributed by atoms with Gasteiger partial charge in [-0.2, -0.15) is 0 Å². The number of urea groups is 1. The Hall–Kier alpha value is -2.08. The van der Waals surface area contributed by atoms with Crippen LogP contribution in [0.3, 0.4) is 0 Å². The lowest BCUT2D eigenvalue weighted by Gasteiger charge is -2.20. The Bertz CT molecular complexity index is 467. The van der Waals surface area contributed by atoms with Crippen molar-refractivity contribution in [1.82, 2.24) is 4.90 Å². The van der Waals surface area contributed by atoms with E-state index in [1.54, 1.807) is 17.0 Å². The maximum Gasteiger partial charge on any atom is 0.335 e. The Morgan fingerprint density at radius 2 is 2.11 bits per heavy atom. The van der Waals surface area contributed by atoms with Crippen molar-refractivity contribution in [1.29, 1.82) is 0 Å². The van der Waals surface area contributed by atoms with Gasteiger partial charge in [0.2, 0.25) is 0 Å². The van der Waals surface area contributed by atoms with Gasteiger partial charge in [-0.1, -0.05) is 6.07 Å². The van der Waals surface area contributed by atoms with Crippen LogP contribution in [0.4, 0.5) is 10.5 Å². The third-order valence-electron chi connectivity index (χ3n) is 2.87. The predicted molar refractivity (Wildman–Crippen MR) is 69.4 cm³/mol. The van der Waals surface area contributed by atoms with Crippen LogP contribution < -0.4 is 5.32 Å². The van der Waals surface area contributed by atoms with Gasteiger partial charge in [0.1, 0.15) is 0 Å². The highest BCUT2D eigenvalue weighted by atomic mass is 16.5. The van der Waals surface area contributed by atoms with Gasteiger partial charge < -0.3 is 20.1 Å². The van der Waals surface area contributed by atoms with Crippen molar-refractivity contribution in [3.63, 3.8) is 0 Å². The molecule has 102 valence electrons. The Kier molecular flexibility index (Phi) is 4.35. The number of carboxylic acid groups (broad SMARTS) is 1. The number of rotatable bonds is 2. The average Bonchev–Trinajstić information content (AvgIpc) is 2.68. The SMILES string of the molecule is O=C(O)c1cccc(NC(=O)N2CCCOCC2)c1. The molecule has 0 unspecified atom stereocenters. The highest BCUT2D eigenvalue weighted by Gasteiger charge is 2.16. The van der Waals surface area contributed by atoms with Crippen LogP contribution >= 0.6 is 0 Å². The number of nitrogens with one attached hydrogen (secondary N) is 1. The molecule has 2 rings (SSSR count). The number of aromatic carboxylic acids is 1. The van der Waals surface area contributed by atoms with Gasteiger partial charge in [-0.3, -0.25) is 0 Å². The van der Waals surface area contributed by atoms with Crippen LogP contribution in [-0.4, -0.2) is 48.3 Å². The monoisotopic (exact) mass is 264 g/mol. The van der Waals surface area contributed by atoms with E-state index in [-0.39, 0.29) is 11.6 Å². The summed E-state index contributed by atoms with van der Waals surface area (Å²) in [7, 11) is 0. The minimum atomic E-state index is -1.01. The zero-order chi connectivity index (χ0) is 13.7. The summed E-state index contributed by atoms with van der Waals surface area (Å²) in [4.78, 5) is 24.5. The number of carbonyl (C=O) groups is 2. The van der Waals surface area contributed by atoms with Gasteiger partial charge in [0.05, 0.1) is 12.2 Å². The van der Waals surface area contributed by atoms with E-state index in [0.29, 0.717) is 32.0 Å². The van der Waals surface area contributed by atoms with Crippen LogP contribution in [0.25, 0.3) is 0 Å². The summed E-state index contributed by atoms with van der Waals surface area (Å²) in [6.07, 6.45) is 0.808. The van der Waals surface area contributed by atoms with Gasteiger partial charge in [0.25, 0.3) is 0 Å². The molecule has 1 saturated heterocycles. The Labute approximate surface area is 111 Å². The normalized spacial score (nSPS) is 15.7. The van der Waals surface area contributed by atoms with Crippen molar-refractivity contribution in [2.75, 3.05) is 31.6 Å². The minimum absolute atomic E-state index is 0.150. The highest BCUT2D eigenvalue weighted by molar-refractivity contribution is 5.93. The lowest BCUT2D eigenvalue weighted by molar-refractivity contribution is 0.0697. The van der Waals surface area contributed by atoms with Crippen molar-refractivity contribution in [3.05, 3.63) is 29.8 Å². The summed E-state index contributed by atoms with van der Waals surface area (Å²) in [6, 6.07) is 5.96. The standard InChI is InChI=1S/C13H16N2O4/c16-12(17)10-3-1-4-11(9-10)14-13(18)15-5-2-7-19-8-6-15/h1,3-4,9H,2,5-8H2,(H,14,18)(H,16,17). The van der Waals surface area contributed by atoms with Gasteiger partial charge >= 0.3 is 12.0 Å². The second-order valence-corrected chi connectivity index (χ2v) is 4.27. The molecule has 6 nitrogen and oxygen atoms in total. The van der Waals surface area contributed by atoms with Gasteiger partial charge in [0.15, 0.2) is 0 Å². The first-order chi connectivity index (χ1) is 9.16. The second-order valence-electron chi connectivity index (χ2n) is 4.27. The van der Waals surface area contributed by atoms with Crippen LogP contribution in [0.1, 0.15) is 16.8 Å². The number of anilines is 1.